The summed E-state index contributed by atoms with van der Waals surface area (Å²) in [6, 6.07) is 5.13. The fourth-order valence-electron chi connectivity index (χ4n) is 3.11. The number of amides is 1. The lowest BCUT2D eigenvalue weighted by Gasteiger charge is -2.36. The van der Waals surface area contributed by atoms with Gasteiger partial charge in [0.2, 0.25) is 0 Å². The van der Waals surface area contributed by atoms with Gasteiger partial charge < -0.3 is 19.7 Å². The van der Waals surface area contributed by atoms with E-state index in [9.17, 15) is 9.18 Å². The quantitative estimate of drug-likeness (QED) is 0.919. The minimum absolute atomic E-state index is 0.00156. The number of carbonyl (C=O) groups is 1. The Bertz CT molecular complexity index is 561. The topological polar surface area (TPSA) is 50.8 Å². The monoisotopic (exact) mass is 322 g/mol. The molecule has 126 valence electrons. The Morgan fingerprint density at radius 2 is 2.26 bits per heavy atom. The maximum atomic E-state index is 14.1. The molecule has 3 rings (SSSR count). The van der Waals surface area contributed by atoms with Crippen LogP contribution in [0.1, 0.15) is 18.4 Å². The van der Waals surface area contributed by atoms with Crippen molar-refractivity contribution in [2.75, 3.05) is 37.8 Å². The molecule has 0 bridgehead atoms. The Morgan fingerprint density at radius 1 is 1.39 bits per heavy atom. The van der Waals surface area contributed by atoms with Crippen molar-refractivity contribution in [3.63, 3.8) is 0 Å². The molecule has 0 saturated carbocycles. The first-order chi connectivity index (χ1) is 11.1. The first kappa shape index (κ1) is 16.2. The van der Waals surface area contributed by atoms with E-state index in [-0.39, 0.29) is 17.8 Å². The molecule has 6 heteroatoms. The van der Waals surface area contributed by atoms with Crippen LogP contribution in [-0.2, 0) is 14.3 Å². The van der Waals surface area contributed by atoms with E-state index in [2.05, 4.69) is 5.32 Å². The Kier molecular flexibility index (Phi) is 5.13. The van der Waals surface area contributed by atoms with Crippen LogP contribution in [0.4, 0.5) is 10.1 Å². The van der Waals surface area contributed by atoms with E-state index >= 15 is 0 Å². The van der Waals surface area contributed by atoms with Gasteiger partial charge in [-0.1, -0.05) is 6.07 Å². The number of halogens is 1. The molecule has 2 atom stereocenters. The Morgan fingerprint density at radius 3 is 3.04 bits per heavy atom. The van der Waals surface area contributed by atoms with Crippen LogP contribution in [0.2, 0.25) is 0 Å². The van der Waals surface area contributed by atoms with Crippen LogP contribution in [-0.4, -0.2) is 51.0 Å². The first-order valence-electron chi connectivity index (χ1n) is 8.14. The highest BCUT2D eigenvalue weighted by Gasteiger charge is 2.28. The summed E-state index contributed by atoms with van der Waals surface area (Å²) in [6.07, 6.45) is 1.28. The van der Waals surface area contributed by atoms with E-state index in [0.29, 0.717) is 32.1 Å². The predicted octanol–water partition coefficient (Wildman–Crippen LogP) is 1.63. The van der Waals surface area contributed by atoms with E-state index in [1.807, 2.05) is 17.9 Å². The first-order valence-corrected chi connectivity index (χ1v) is 8.14. The highest BCUT2D eigenvalue weighted by atomic mass is 19.1. The summed E-state index contributed by atoms with van der Waals surface area (Å²) in [5.74, 6) is -0.354. The molecule has 0 spiro atoms. The molecule has 2 fully saturated rings. The molecule has 23 heavy (non-hydrogen) atoms. The summed E-state index contributed by atoms with van der Waals surface area (Å²) in [5, 5.41) is 3.01. The smallest absolute Gasteiger partial charge is 0.251 e. The molecular formula is C17H23FN2O3. The number of benzene rings is 1. The van der Waals surface area contributed by atoms with E-state index < -0.39 is 6.10 Å². The van der Waals surface area contributed by atoms with Crippen molar-refractivity contribution in [3.8, 4) is 0 Å². The number of ether oxygens (including phenoxy) is 2. The summed E-state index contributed by atoms with van der Waals surface area (Å²) in [4.78, 5) is 14.2. The summed E-state index contributed by atoms with van der Waals surface area (Å²) in [6.45, 7) is 4.65. The molecule has 0 radical (unpaired) electrons. The van der Waals surface area contributed by atoms with Crippen LogP contribution in [0.5, 0.6) is 0 Å². The standard InChI is InChI=1S/C17H23FN2O3/c1-12-4-5-14(18)15(9-12)20-6-2-3-13(10-20)19-17(21)16-11-22-7-8-23-16/h4-5,9,13,16H,2-3,6-8,10-11H2,1H3,(H,19,21). The molecular weight excluding hydrogens is 299 g/mol. The van der Waals surface area contributed by atoms with Crippen molar-refractivity contribution in [2.24, 2.45) is 0 Å². The molecule has 2 heterocycles. The van der Waals surface area contributed by atoms with Crippen LogP contribution in [0.15, 0.2) is 18.2 Å². The third-order valence-corrected chi connectivity index (χ3v) is 4.32. The molecule has 2 aliphatic rings. The zero-order valence-corrected chi connectivity index (χ0v) is 13.4. The van der Waals surface area contributed by atoms with Crippen LogP contribution in [0.3, 0.4) is 0 Å². The molecule has 5 nitrogen and oxygen atoms in total. The third-order valence-electron chi connectivity index (χ3n) is 4.32. The molecule has 1 aromatic carbocycles. The molecule has 2 aliphatic heterocycles. The van der Waals surface area contributed by atoms with Crippen molar-refractivity contribution >= 4 is 11.6 Å². The summed E-state index contributed by atoms with van der Waals surface area (Å²) < 4.78 is 24.8. The number of hydrogen-bond donors (Lipinski definition) is 1. The second-order valence-corrected chi connectivity index (χ2v) is 6.18. The van der Waals surface area contributed by atoms with Crippen molar-refractivity contribution in [3.05, 3.63) is 29.6 Å². The molecule has 2 unspecified atom stereocenters. The lowest BCUT2D eigenvalue weighted by Crippen LogP contribution is -2.52. The summed E-state index contributed by atoms with van der Waals surface area (Å²) >= 11 is 0. The number of aryl methyl sites for hydroxylation is 1. The van der Waals surface area contributed by atoms with Gasteiger partial charge in [0.05, 0.1) is 25.5 Å². The minimum atomic E-state index is -0.533. The van der Waals surface area contributed by atoms with Gasteiger partial charge >= 0.3 is 0 Å². The number of carbonyl (C=O) groups excluding carboxylic acids is 1. The predicted molar refractivity (Wildman–Crippen MR) is 85.1 cm³/mol. The average molecular weight is 322 g/mol. The van der Waals surface area contributed by atoms with Gasteiger partial charge in [-0.05, 0) is 37.5 Å². The normalized spacial score (nSPS) is 25.2. The average Bonchev–Trinajstić information content (AvgIpc) is 2.58. The van der Waals surface area contributed by atoms with Crippen molar-refractivity contribution < 1.29 is 18.7 Å². The van der Waals surface area contributed by atoms with Gasteiger partial charge in [-0.3, -0.25) is 4.79 Å². The Labute approximate surface area is 135 Å². The Balaban J connectivity index is 1.61. The molecule has 0 aromatic heterocycles. The van der Waals surface area contributed by atoms with Crippen LogP contribution in [0, 0.1) is 12.7 Å². The van der Waals surface area contributed by atoms with Crippen LogP contribution >= 0.6 is 0 Å². The summed E-state index contributed by atoms with van der Waals surface area (Å²) in [5.41, 5.74) is 1.64. The lowest BCUT2D eigenvalue weighted by molar-refractivity contribution is -0.148. The zero-order chi connectivity index (χ0) is 16.2. The third kappa shape index (κ3) is 4.00. The van der Waals surface area contributed by atoms with Crippen molar-refractivity contribution in [2.45, 2.75) is 31.9 Å². The molecule has 1 aromatic rings. The van der Waals surface area contributed by atoms with Gasteiger partial charge in [0.25, 0.3) is 5.91 Å². The highest BCUT2D eigenvalue weighted by molar-refractivity contribution is 5.81. The van der Waals surface area contributed by atoms with E-state index in [4.69, 9.17) is 9.47 Å². The van der Waals surface area contributed by atoms with Gasteiger partial charge in [0, 0.05) is 19.1 Å². The number of hydrogen-bond acceptors (Lipinski definition) is 4. The second kappa shape index (κ2) is 7.27. The van der Waals surface area contributed by atoms with Gasteiger partial charge in [-0.15, -0.1) is 0 Å². The van der Waals surface area contributed by atoms with E-state index in [1.165, 1.54) is 6.07 Å². The number of nitrogens with one attached hydrogen (secondary N) is 1. The fourth-order valence-corrected chi connectivity index (χ4v) is 3.11. The number of piperidine rings is 1. The number of anilines is 1. The molecule has 1 amide bonds. The maximum absolute atomic E-state index is 14.1. The Hall–Kier alpha value is -1.66. The van der Waals surface area contributed by atoms with Gasteiger partial charge in [-0.25, -0.2) is 4.39 Å². The van der Waals surface area contributed by atoms with Crippen LogP contribution < -0.4 is 10.2 Å². The largest absolute Gasteiger partial charge is 0.376 e. The number of rotatable bonds is 3. The van der Waals surface area contributed by atoms with Gasteiger partial charge in [-0.2, -0.15) is 0 Å². The van der Waals surface area contributed by atoms with Crippen LogP contribution in [0.25, 0.3) is 0 Å². The maximum Gasteiger partial charge on any atom is 0.251 e. The molecule has 2 saturated heterocycles. The molecule has 1 N–H and O–H groups in total. The van der Waals surface area contributed by atoms with E-state index in [1.54, 1.807) is 6.07 Å². The van der Waals surface area contributed by atoms with Crippen molar-refractivity contribution in [1.29, 1.82) is 0 Å². The molecule has 0 aliphatic carbocycles. The second-order valence-electron chi connectivity index (χ2n) is 6.18. The van der Waals surface area contributed by atoms with E-state index in [0.717, 1.165) is 24.9 Å². The highest BCUT2D eigenvalue weighted by Crippen LogP contribution is 2.24. The SMILES string of the molecule is Cc1ccc(F)c(N2CCCC(NC(=O)C3COCCO3)C2)c1. The summed E-state index contributed by atoms with van der Waals surface area (Å²) in [7, 11) is 0. The van der Waals surface area contributed by atoms with Gasteiger partial charge in [0.1, 0.15) is 5.82 Å². The zero-order valence-electron chi connectivity index (χ0n) is 13.4. The lowest BCUT2D eigenvalue weighted by atomic mass is 10.0. The minimum Gasteiger partial charge on any atom is -0.376 e. The van der Waals surface area contributed by atoms with Crippen molar-refractivity contribution in [1.82, 2.24) is 5.32 Å². The fraction of sp³-hybridized carbons (Fsp3) is 0.588. The number of nitrogens with zero attached hydrogens (tertiary/aromatic N) is 1. The van der Waals surface area contributed by atoms with Gasteiger partial charge in [0.15, 0.2) is 6.10 Å².